The van der Waals surface area contributed by atoms with Gasteiger partial charge in [0.25, 0.3) is 11.8 Å². The molecule has 2 aromatic carbocycles. The fourth-order valence-corrected chi connectivity index (χ4v) is 3.12. The molecule has 0 radical (unpaired) electrons. The smallest absolute Gasteiger partial charge is 0.338 e. The number of halogens is 3. The first-order valence-electron chi connectivity index (χ1n) is 9.11. The zero-order chi connectivity index (χ0) is 21.8. The van der Waals surface area contributed by atoms with Gasteiger partial charge < -0.3 is 10.1 Å². The van der Waals surface area contributed by atoms with Crippen molar-refractivity contribution >= 4 is 52.4 Å². The van der Waals surface area contributed by atoms with Crippen LogP contribution in [0.2, 0.25) is 5.02 Å². The maximum absolute atomic E-state index is 13.3. The fourth-order valence-electron chi connectivity index (χ4n) is 2.73. The molecular weight excluding hydrogens is 434 g/mol. The van der Waals surface area contributed by atoms with E-state index in [2.05, 4.69) is 5.32 Å². The molecule has 0 bridgehead atoms. The van der Waals surface area contributed by atoms with Crippen LogP contribution in [-0.4, -0.2) is 24.4 Å². The van der Waals surface area contributed by atoms with E-state index >= 15 is 0 Å². The average molecular weight is 451 g/mol. The van der Waals surface area contributed by atoms with Gasteiger partial charge in [-0.05, 0) is 42.8 Å². The highest BCUT2D eigenvalue weighted by atomic mass is 35.5. The number of nitrogens with zero attached hydrogens (tertiary/aromatic N) is 1. The number of unbranched alkanes of at least 4 members (excludes halogenated alkanes) is 1. The Balaban J connectivity index is 1.82. The van der Waals surface area contributed by atoms with E-state index in [1.807, 2.05) is 6.92 Å². The van der Waals surface area contributed by atoms with Crippen molar-refractivity contribution in [3.63, 3.8) is 0 Å². The molecule has 1 aliphatic heterocycles. The predicted octanol–water partition coefficient (Wildman–Crippen LogP) is 4.87. The van der Waals surface area contributed by atoms with Gasteiger partial charge >= 0.3 is 5.97 Å². The number of esters is 1. The summed E-state index contributed by atoms with van der Waals surface area (Å²) in [5.41, 5.74) is 0.472. The number of rotatable bonds is 7. The molecule has 0 spiro atoms. The molecule has 0 fully saturated rings. The largest absolute Gasteiger partial charge is 0.462 e. The second-order valence-corrected chi connectivity index (χ2v) is 7.21. The van der Waals surface area contributed by atoms with Crippen molar-refractivity contribution in [1.82, 2.24) is 0 Å². The molecule has 0 saturated carbocycles. The number of carbonyl (C=O) groups is 3. The van der Waals surface area contributed by atoms with E-state index in [1.54, 1.807) is 0 Å². The van der Waals surface area contributed by atoms with Crippen LogP contribution in [0, 0.1) is 5.82 Å². The Hall–Kier alpha value is -2.90. The molecule has 1 N–H and O–H groups in total. The molecule has 2 aromatic rings. The highest BCUT2D eigenvalue weighted by Gasteiger charge is 2.39. The number of ether oxygens (including phenoxy) is 1. The minimum absolute atomic E-state index is 0.153. The monoisotopic (exact) mass is 450 g/mol. The topological polar surface area (TPSA) is 75.7 Å². The van der Waals surface area contributed by atoms with Gasteiger partial charge in [-0.3, -0.25) is 9.59 Å². The van der Waals surface area contributed by atoms with Crippen molar-refractivity contribution in [3.8, 4) is 0 Å². The normalized spacial score (nSPS) is 13.8. The van der Waals surface area contributed by atoms with Crippen molar-refractivity contribution in [1.29, 1.82) is 0 Å². The Morgan fingerprint density at radius 2 is 1.90 bits per heavy atom. The van der Waals surface area contributed by atoms with Crippen LogP contribution in [0.25, 0.3) is 0 Å². The molecule has 1 heterocycles. The summed E-state index contributed by atoms with van der Waals surface area (Å²) in [6.07, 6.45) is 1.61. The Bertz CT molecular complexity index is 1060. The lowest BCUT2D eigenvalue weighted by Gasteiger charge is -2.16. The van der Waals surface area contributed by atoms with Crippen molar-refractivity contribution in [2.45, 2.75) is 19.8 Å². The molecule has 0 aliphatic carbocycles. The third-order valence-corrected chi connectivity index (χ3v) is 4.93. The summed E-state index contributed by atoms with van der Waals surface area (Å²) in [7, 11) is 0. The van der Waals surface area contributed by atoms with Gasteiger partial charge in [-0.25, -0.2) is 14.1 Å². The van der Waals surface area contributed by atoms with Crippen LogP contribution < -0.4 is 10.2 Å². The minimum atomic E-state index is -0.756. The summed E-state index contributed by atoms with van der Waals surface area (Å²) in [4.78, 5) is 38.5. The van der Waals surface area contributed by atoms with Crippen LogP contribution in [-0.2, 0) is 14.3 Å². The molecule has 3 rings (SSSR count). The summed E-state index contributed by atoms with van der Waals surface area (Å²) in [5.74, 6) is -2.65. The number of benzene rings is 2. The molecule has 9 heteroatoms. The first-order chi connectivity index (χ1) is 14.3. The summed E-state index contributed by atoms with van der Waals surface area (Å²) in [5, 5.41) is 2.21. The van der Waals surface area contributed by atoms with Crippen LogP contribution in [0.3, 0.4) is 0 Å². The second-order valence-electron chi connectivity index (χ2n) is 6.43. The lowest BCUT2D eigenvalue weighted by atomic mass is 10.2. The van der Waals surface area contributed by atoms with Crippen molar-refractivity contribution < 1.29 is 23.5 Å². The Morgan fingerprint density at radius 1 is 1.13 bits per heavy atom. The number of nitrogens with one attached hydrogen (secondary N) is 1. The maximum Gasteiger partial charge on any atom is 0.338 e. The molecule has 1 aliphatic rings. The highest BCUT2D eigenvalue weighted by Crippen LogP contribution is 2.31. The van der Waals surface area contributed by atoms with E-state index < -0.39 is 23.6 Å². The van der Waals surface area contributed by atoms with Crippen LogP contribution in [0.4, 0.5) is 15.8 Å². The number of amides is 2. The van der Waals surface area contributed by atoms with Crippen molar-refractivity contribution in [2.24, 2.45) is 0 Å². The van der Waals surface area contributed by atoms with Gasteiger partial charge in [-0.1, -0.05) is 42.6 Å². The standard InChI is InChI=1S/C21H17Cl2FN2O4/c1-2-3-9-30-21(29)12-5-4-6-14(10-12)26-19(27)17(23)18(20(26)28)25-13-7-8-16(24)15(22)11-13/h4-8,10-11,25H,2-3,9H2,1H3. The first kappa shape index (κ1) is 21.8. The van der Waals surface area contributed by atoms with E-state index in [-0.39, 0.29) is 39.3 Å². The maximum atomic E-state index is 13.3. The number of anilines is 2. The van der Waals surface area contributed by atoms with Gasteiger partial charge in [0.05, 0.1) is 22.9 Å². The van der Waals surface area contributed by atoms with Crippen LogP contribution in [0.5, 0.6) is 0 Å². The summed E-state index contributed by atoms with van der Waals surface area (Å²) in [6.45, 7) is 2.25. The van der Waals surface area contributed by atoms with Gasteiger partial charge in [-0.15, -0.1) is 0 Å². The summed E-state index contributed by atoms with van der Waals surface area (Å²) in [6, 6.07) is 9.67. The number of hydrogen-bond donors (Lipinski definition) is 1. The van der Waals surface area contributed by atoms with Gasteiger partial charge in [0.15, 0.2) is 0 Å². The van der Waals surface area contributed by atoms with E-state index in [0.717, 1.165) is 23.8 Å². The lowest BCUT2D eigenvalue weighted by molar-refractivity contribution is -0.120. The predicted molar refractivity (Wildman–Crippen MR) is 112 cm³/mol. The highest BCUT2D eigenvalue weighted by molar-refractivity contribution is 6.53. The van der Waals surface area contributed by atoms with Gasteiger partial charge in [-0.2, -0.15) is 0 Å². The summed E-state index contributed by atoms with van der Waals surface area (Å²) < 4.78 is 18.5. The first-order valence-corrected chi connectivity index (χ1v) is 9.87. The lowest BCUT2D eigenvalue weighted by Crippen LogP contribution is -2.32. The molecule has 0 unspecified atom stereocenters. The number of hydrogen-bond acceptors (Lipinski definition) is 5. The molecule has 156 valence electrons. The number of carbonyl (C=O) groups excluding carboxylic acids is 3. The third kappa shape index (κ3) is 4.47. The molecule has 30 heavy (non-hydrogen) atoms. The molecule has 2 amide bonds. The molecular formula is C21H17Cl2FN2O4. The van der Waals surface area contributed by atoms with E-state index in [9.17, 15) is 18.8 Å². The quantitative estimate of drug-likeness (QED) is 0.369. The summed E-state index contributed by atoms with van der Waals surface area (Å²) >= 11 is 11.8. The van der Waals surface area contributed by atoms with Crippen LogP contribution >= 0.6 is 23.2 Å². The molecule has 6 nitrogen and oxygen atoms in total. The van der Waals surface area contributed by atoms with Gasteiger partial charge in [0.1, 0.15) is 16.5 Å². The van der Waals surface area contributed by atoms with Crippen LogP contribution in [0.1, 0.15) is 30.1 Å². The van der Waals surface area contributed by atoms with Gasteiger partial charge in [0.2, 0.25) is 0 Å². The Morgan fingerprint density at radius 3 is 2.60 bits per heavy atom. The Kier molecular flexibility index (Phi) is 6.74. The zero-order valence-electron chi connectivity index (χ0n) is 15.9. The average Bonchev–Trinajstić information content (AvgIpc) is 2.94. The third-order valence-electron chi connectivity index (χ3n) is 4.29. The molecule has 0 atom stereocenters. The minimum Gasteiger partial charge on any atom is -0.462 e. The zero-order valence-corrected chi connectivity index (χ0v) is 17.4. The second kappa shape index (κ2) is 9.28. The molecule has 0 saturated heterocycles. The SMILES string of the molecule is CCCCOC(=O)c1cccc(N2C(=O)C(Cl)=C(Nc3ccc(F)c(Cl)c3)C2=O)c1. The van der Waals surface area contributed by atoms with Crippen LogP contribution in [0.15, 0.2) is 53.2 Å². The van der Waals surface area contributed by atoms with E-state index in [0.29, 0.717) is 0 Å². The number of imide groups is 1. The Labute approximate surface area is 182 Å². The van der Waals surface area contributed by atoms with Crippen molar-refractivity contribution in [3.05, 3.63) is 69.6 Å². The van der Waals surface area contributed by atoms with E-state index in [4.69, 9.17) is 27.9 Å². The molecule has 0 aromatic heterocycles. The van der Waals surface area contributed by atoms with E-state index in [1.165, 1.54) is 36.4 Å². The van der Waals surface area contributed by atoms with Crippen molar-refractivity contribution in [2.75, 3.05) is 16.8 Å². The van der Waals surface area contributed by atoms with Gasteiger partial charge in [0, 0.05) is 5.69 Å². The fraction of sp³-hybridized carbons (Fsp3) is 0.190.